The van der Waals surface area contributed by atoms with Gasteiger partial charge in [0.05, 0.1) is 0 Å². The average molecular weight is 395 g/mol. The van der Waals surface area contributed by atoms with Crippen molar-refractivity contribution in [2.45, 2.75) is 39.3 Å². The molecule has 2 rings (SSSR count). The van der Waals surface area contributed by atoms with Crippen LogP contribution in [0.4, 0.5) is 18.9 Å². The predicted molar refractivity (Wildman–Crippen MR) is 98.0 cm³/mol. The minimum absolute atomic E-state index is 0. The molecule has 1 aromatic carbocycles. The first kappa shape index (κ1) is 22.6. The van der Waals surface area contributed by atoms with Crippen LogP contribution >= 0.6 is 12.4 Å². The molecule has 2 atom stereocenters. The zero-order valence-electron chi connectivity index (χ0n) is 15.0. The molecule has 4 nitrogen and oxygen atoms in total. The van der Waals surface area contributed by atoms with Crippen LogP contribution in [0.15, 0.2) is 18.2 Å². The van der Waals surface area contributed by atoms with E-state index in [-0.39, 0.29) is 30.0 Å². The molecule has 1 amide bonds. The fourth-order valence-electron chi connectivity index (χ4n) is 3.09. The van der Waals surface area contributed by atoms with E-state index in [1.54, 1.807) is 19.1 Å². The number of carbonyl (C=O) groups excluding carboxylic acids is 1. The highest BCUT2D eigenvalue weighted by molar-refractivity contribution is 5.92. The molecule has 1 saturated heterocycles. The smallest absolute Gasteiger partial charge is 0.422 e. The van der Waals surface area contributed by atoms with Crippen LogP contribution in [-0.4, -0.2) is 31.8 Å². The molecule has 1 fully saturated rings. The third-order valence-electron chi connectivity index (χ3n) is 4.60. The summed E-state index contributed by atoms with van der Waals surface area (Å²) in [7, 11) is 0. The van der Waals surface area contributed by atoms with Gasteiger partial charge < -0.3 is 15.4 Å². The number of amides is 1. The van der Waals surface area contributed by atoms with Crippen molar-refractivity contribution in [1.82, 2.24) is 5.32 Å². The van der Waals surface area contributed by atoms with Gasteiger partial charge in [-0.1, -0.05) is 13.0 Å². The number of rotatable bonds is 6. The maximum Gasteiger partial charge on any atom is 0.422 e. The lowest BCUT2D eigenvalue weighted by Gasteiger charge is -2.28. The number of ether oxygens (including phenoxy) is 1. The first-order chi connectivity index (χ1) is 11.8. The Hall–Kier alpha value is -1.47. The van der Waals surface area contributed by atoms with Crippen LogP contribution in [0, 0.1) is 18.8 Å². The minimum Gasteiger partial charge on any atom is -0.484 e. The molecule has 2 N–H and O–H groups in total. The number of benzene rings is 1. The van der Waals surface area contributed by atoms with Gasteiger partial charge in [-0.3, -0.25) is 4.79 Å². The second kappa shape index (κ2) is 10.0. The maximum absolute atomic E-state index is 12.3. The molecule has 0 aromatic heterocycles. The van der Waals surface area contributed by atoms with Crippen molar-refractivity contribution in [3.8, 4) is 5.75 Å². The molecular formula is C18H26ClF3N2O2. The van der Waals surface area contributed by atoms with Crippen LogP contribution in [0.1, 0.15) is 31.7 Å². The van der Waals surface area contributed by atoms with E-state index in [4.69, 9.17) is 4.74 Å². The first-order valence-electron chi connectivity index (χ1n) is 8.56. The zero-order chi connectivity index (χ0) is 18.4. The van der Waals surface area contributed by atoms with Gasteiger partial charge in [0.2, 0.25) is 5.91 Å². The third kappa shape index (κ3) is 7.03. The summed E-state index contributed by atoms with van der Waals surface area (Å²) in [5.41, 5.74) is 0.978. The summed E-state index contributed by atoms with van der Waals surface area (Å²) in [4.78, 5) is 12.3. The molecule has 0 bridgehead atoms. The molecule has 148 valence electrons. The number of nitrogens with one attached hydrogen (secondary N) is 2. The lowest BCUT2D eigenvalue weighted by molar-refractivity contribution is -0.153. The number of piperidine rings is 1. The predicted octanol–water partition coefficient (Wildman–Crippen LogP) is 4.32. The Morgan fingerprint density at radius 1 is 1.42 bits per heavy atom. The van der Waals surface area contributed by atoms with Crippen LogP contribution in [0.5, 0.6) is 5.75 Å². The molecule has 0 saturated carbocycles. The highest BCUT2D eigenvalue weighted by Gasteiger charge is 2.29. The highest BCUT2D eigenvalue weighted by atomic mass is 35.5. The van der Waals surface area contributed by atoms with Crippen molar-refractivity contribution in [2.75, 3.05) is 25.0 Å². The van der Waals surface area contributed by atoms with Gasteiger partial charge in [0.15, 0.2) is 6.61 Å². The van der Waals surface area contributed by atoms with E-state index >= 15 is 0 Å². The first-order valence-corrected chi connectivity index (χ1v) is 8.56. The summed E-state index contributed by atoms with van der Waals surface area (Å²) >= 11 is 0. The minimum atomic E-state index is -4.39. The molecule has 1 aliphatic rings. The molecule has 8 heteroatoms. The van der Waals surface area contributed by atoms with Crippen LogP contribution in [0.3, 0.4) is 0 Å². The normalized spacial score (nSPS) is 18.6. The Kier molecular flexibility index (Phi) is 8.70. The van der Waals surface area contributed by atoms with E-state index in [2.05, 4.69) is 17.6 Å². The Balaban J connectivity index is 0.00000338. The van der Waals surface area contributed by atoms with E-state index < -0.39 is 12.8 Å². The summed E-state index contributed by atoms with van der Waals surface area (Å²) in [6, 6.07) is 4.70. The molecular weight excluding hydrogens is 369 g/mol. The molecule has 1 heterocycles. The SMILES string of the molecule is Cc1c(NC(=O)CC(C)C2CCCNC2)cccc1OCC(F)(F)F.Cl. The van der Waals surface area contributed by atoms with Crippen LogP contribution in [0.25, 0.3) is 0 Å². The molecule has 0 aliphatic carbocycles. The van der Waals surface area contributed by atoms with E-state index in [9.17, 15) is 18.0 Å². The number of carbonyl (C=O) groups is 1. The quantitative estimate of drug-likeness (QED) is 0.755. The van der Waals surface area contributed by atoms with E-state index in [0.717, 1.165) is 25.9 Å². The summed E-state index contributed by atoms with van der Waals surface area (Å²) in [5, 5.41) is 6.14. The topological polar surface area (TPSA) is 50.4 Å². The van der Waals surface area contributed by atoms with E-state index in [0.29, 0.717) is 23.6 Å². The monoisotopic (exact) mass is 394 g/mol. The van der Waals surface area contributed by atoms with E-state index in [1.165, 1.54) is 6.07 Å². The van der Waals surface area contributed by atoms with E-state index in [1.807, 2.05) is 0 Å². The van der Waals surface area contributed by atoms with Gasteiger partial charge in [0.1, 0.15) is 5.75 Å². The van der Waals surface area contributed by atoms with Crippen molar-refractivity contribution in [1.29, 1.82) is 0 Å². The van der Waals surface area contributed by atoms with Crippen molar-refractivity contribution >= 4 is 24.0 Å². The van der Waals surface area contributed by atoms with Crippen LogP contribution < -0.4 is 15.4 Å². The number of hydrogen-bond donors (Lipinski definition) is 2. The summed E-state index contributed by atoms with van der Waals surface area (Å²) in [6.45, 7) is 4.30. The number of hydrogen-bond acceptors (Lipinski definition) is 3. The molecule has 1 aromatic rings. The maximum atomic E-state index is 12.3. The number of halogens is 4. The van der Waals surface area contributed by atoms with Gasteiger partial charge in [-0.15, -0.1) is 12.4 Å². The van der Waals surface area contributed by atoms with Gasteiger partial charge in [-0.05, 0) is 56.8 Å². The van der Waals surface area contributed by atoms with Crippen LogP contribution in [0.2, 0.25) is 0 Å². The van der Waals surface area contributed by atoms with Gasteiger partial charge >= 0.3 is 6.18 Å². The van der Waals surface area contributed by atoms with Crippen LogP contribution in [-0.2, 0) is 4.79 Å². The molecule has 2 unspecified atom stereocenters. The van der Waals surface area contributed by atoms with Crippen molar-refractivity contribution in [2.24, 2.45) is 11.8 Å². The second-order valence-electron chi connectivity index (χ2n) is 6.67. The Morgan fingerprint density at radius 3 is 2.77 bits per heavy atom. The van der Waals surface area contributed by atoms with Crippen molar-refractivity contribution < 1.29 is 22.7 Å². The Labute approximate surface area is 158 Å². The Bertz CT molecular complexity index is 590. The van der Waals surface area contributed by atoms with Gasteiger partial charge in [-0.25, -0.2) is 0 Å². The van der Waals surface area contributed by atoms with Crippen molar-refractivity contribution in [3.63, 3.8) is 0 Å². The molecule has 0 radical (unpaired) electrons. The number of anilines is 1. The van der Waals surface area contributed by atoms with Gasteiger partial charge in [0, 0.05) is 17.7 Å². The zero-order valence-corrected chi connectivity index (χ0v) is 15.8. The Morgan fingerprint density at radius 2 is 2.15 bits per heavy atom. The fraction of sp³-hybridized carbons (Fsp3) is 0.611. The van der Waals surface area contributed by atoms with Crippen molar-refractivity contribution in [3.05, 3.63) is 23.8 Å². The number of alkyl halides is 3. The third-order valence-corrected chi connectivity index (χ3v) is 4.60. The molecule has 0 spiro atoms. The second-order valence-corrected chi connectivity index (χ2v) is 6.67. The standard InChI is InChI=1S/C18H25F3N2O2.ClH/c1-12(14-5-4-8-22-10-14)9-17(24)23-15-6-3-7-16(13(15)2)25-11-18(19,20)21;/h3,6-7,12,14,22H,4-5,8-11H2,1-2H3,(H,23,24);1H. The summed E-state index contributed by atoms with van der Waals surface area (Å²) in [5.74, 6) is 0.716. The van der Waals surface area contributed by atoms with Gasteiger partial charge in [-0.2, -0.15) is 13.2 Å². The lowest BCUT2D eigenvalue weighted by Crippen LogP contribution is -2.34. The summed E-state index contributed by atoms with van der Waals surface area (Å²) in [6.07, 6.45) is -1.77. The average Bonchev–Trinajstić information content (AvgIpc) is 2.55. The largest absolute Gasteiger partial charge is 0.484 e. The lowest BCUT2D eigenvalue weighted by atomic mass is 9.85. The van der Waals surface area contributed by atoms with Gasteiger partial charge in [0.25, 0.3) is 0 Å². The fourth-order valence-corrected chi connectivity index (χ4v) is 3.09. The highest BCUT2D eigenvalue weighted by Crippen LogP contribution is 2.28. The summed E-state index contributed by atoms with van der Waals surface area (Å²) < 4.78 is 41.7. The molecule has 1 aliphatic heterocycles. The molecule has 26 heavy (non-hydrogen) atoms.